The number of hydrogen-bond acceptors (Lipinski definition) is 3. The van der Waals surface area contributed by atoms with Crippen LogP contribution in [0.2, 0.25) is 0 Å². The molecule has 1 aromatic carbocycles. The molecule has 0 bridgehead atoms. The van der Waals surface area contributed by atoms with Crippen LogP contribution in [0.3, 0.4) is 0 Å². The third-order valence-corrected chi connectivity index (χ3v) is 4.87. The van der Waals surface area contributed by atoms with Crippen LogP contribution < -0.4 is 11.1 Å². The minimum Gasteiger partial charge on any atom is -0.349 e. The van der Waals surface area contributed by atoms with Gasteiger partial charge in [0.05, 0.1) is 12.0 Å². The zero-order valence-corrected chi connectivity index (χ0v) is 13.1. The van der Waals surface area contributed by atoms with Crippen molar-refractivity contribution in [2.75, 3.05) is 6.26 Å². The molecule has 20 heavy (non-hydrogen) atoms. The molecule has 1 amide bonds. The van der Waals surface area contributed by atoms with Gasteiger partial charge in [-0.2, -0.15) is 0 Å². The van der Waals surface area contributed by atoms with E-state index >= 15 is 0 Å². The van der Waals surface area contributed by atoms with Gasteiger partial charge >= 0.3 is 0 Å². The van der Waals surface area contributed by atoms with Crippen LogP contribution in [0.5, 0.6) is 0 Å². The number of benzene rings is 1. The number of amides is 1. The predicted octanol–water partition coefficient (Wildman–Crippen LogP) is 3.10. The third kappa shape index (κ3) is 3.76. The minimum absolute atomic E-state index is 0.0170. The average molecular weight is 292 g/mol. The smallest absolute Gasteiger partial charge is 0.225 e. The van der Waals surface area contributed by atoms with Crippen LogP contribution in [0.4, 0.5) is 0 Å². The van der Waals surface area contributed by atoms with E-state index in [1.165, 1.54) is 4.90 Å². The average Bonchev–Trinajstić information content (AvgIpc) is 2.47. The molecule has 3 N–H and O–H groups in total. The molecule has 3 unspecified atom stereocenters. The zero-order valence-electron chi connectivity index (χ0n) is 12.3. The Morgan fingerprint density at radius 3 is 2.55 bits per heavy atom. The molecule has 1 aliphatic rings. The van der Waals surface area contributed by atoms with E-state index in [1.54, 1.807) is 11.8 Å². The second kappa shape index (κ2) is 7.14. The zero-order chi connectivity index (χ0) is 14.5. The summed E-state index contributed by atoms with van der Waals surface area (Å²) in [5.41, 5.74) is 7.21. The van der Waals surface area contributed by atoms with Gasteiger partial charge in [0.1, 0.15) is 0 Å². The van der Waals surface area contributed by atoms with Gasteiger partial charge in [-0.1, -0.05) is 25.0 Å². The van der Waals surface area contributed by atoms with Gasteiger partial charge in [-0.15, -0.1) is 11.8 Å². The van der Waals surface area contributed by atoms with E-state index in [0.29, 0.717) is 0 Å². The molecule has 1 fully saturated rings. The number of hydrogen-bond donors (Lipinski definition) is 2. The highest BCUT2D eigenvalue weighted by Crippen LogP contribution is 2.24. The Balaban J connectivity index is 1.95. The van der Waals surface area contributed by atoms with E-state index in [4.69, 9.17) is 5.73 Å². The van der Waals surface area contributed by atoms with Crippen LogP contribution >= 0.6 is 11.8 Å². The number of thioether (sulfide) groups is 1. The maximum absolute atomic E-state index is 12.3. The normalized spacial score (nSPS) is 24.1. The van der Waals surface area contributed by atoms with Crippen molar-refractivity contribution in [3.8, 4) is 0 Å². The number of rotatable bonds is 4. The molecule has 0 aliphatic heterocycles. The molecule has 1 aliphatic carbocycles. The fourth-order valence-corrected chi connectivity index (χ4v) is 3.19. The first-order valence-corrected chi connectivity index (χ1v) is 8.54. The van der Waals surface area contributed by atoms with Crippen LogP contribution in [0.1, 0.15) is 44.2 Å². The summed E-state index contributed by atoms with van der Waals surface area (Å²) in [6, 6.07) is 8.40. The Bertz CT molecular complexity index is 446. The van der Waals surface area contributed by atoms with Gasteiger partial charge in [0, 0.05) is 10.9 Å². The molecule has 3 nitrogen and oxygen atoms in total. The summed E-state index contributed by atoms with van der Waals surface area (Å²) in [5.74, 6) is 0.0929. The van der Waals surface area contributed by atoms with Crippen LogP contribution in [0, 0.1) is 5.92 Å². The fraction of sp³-hybridized carbons (Fsp3) is 0.562. The fourth-order valence-electron chi connectivity index (χ4n) is 2.78. The van der Waals surface area contributed by atoms with E-state index in [1.807, 2.05) is 6.92 Å². The molecule has 2 rings (SSSR count). The minimum atomic E-state index is -0.0170. The summed E-state index contributed by atoms with van der Waals surface area (Å²) in [6.45, 7) is 2.03. The van der Waals surface area contributed by atoms with Crippen molar-refractivity contribution in [1.82, 2.24) is 5.32 Å². The molecule has 0 saturated heterocycles. The SMILES string of the molecule is CSc1ccc(C(C)NC(=O)C2CCCCC2N)cc1. The second-order valence-electron chi connectivity index (χ2n) is 5.56. The van der Waals surface area contributed by atoms with E-state index in [0.717, 1.165) is 31.2 Å². The van der Waals surface area contributed by atoms with E-state index in [-0.39, 0.29) is 23.9 Å². The lowest BCUT2D eigenvalue weighted by molar-refractivity contribution is -0.127. The Labute approximate surface area is 125 Å². The standard InChI is InChI=1S/C16H24N2OS/c1-11(12-7-9-13(20-2)10-8-12)18-16(19)14-5-3-4-6-15(14)17/h7-11,14-15H,3-6,17H2,1-2H3,(H,18,19). The van der Waals surface area contributed by atoms with Crippen LogP contribution in [-0.4, -0.2) is 18.2 Å². The van der Waals surface area contributed by atoms with E-state index in [2.05, 4.69) is 35.8 Å². The lowest BCUT2D eigenvalue weighted by Crippen LogP contribution is -2.44. The van der Waals surface area contributed by atoms with Gasteiger partial charge in [-0.05, 0) is 43.7 Å². The number of nitrogens with two attached hydrogens (primary N) is 1. The van der Waals surface area contributed by atoms with Crippen molar-refractivity contribution in [1.29, 1.82) is 0 Å². The molecule has 1 aromatic rings. The van der Waals surface area contributed by atoms with Crippen LogP contribution in [0.15, 0.2) is 29.2 Å². The van der Waals surface area contributed by atoms with Crippen molar-refractivity contribution in [3.05, 3.63) is 29.8 Å². The summed E-state index contributed by atoms with van der Waals surface area (Å²) < 4.78 is 0. The van der Waals surface area contributed by atoms with Gasteiger partial charge in [-0.25, -0.2) is 0 Å². The first-order valence-electron chi connectivity index (χ1n) is 7.31. The Morgan fingerprint density at radius 2 is 1.95 bits per heavy atom. The molecule has 3 atom stereocenters. The molecular weight excluding hydrogens is 268 g/mol. The van der Waals surface area contributed by atoms with Crippen molar-refractivity contribution >= 4 is 17.7 Å². The Kier molecular flexibility index (Phi) is 5.49. The van der Waals surface area contributed by atoms with Crippen molar-refractivity contribution < 1.29 is 4.79 Å². The topological polar surface area (TPSA) is 55.1 Å². The van der Waals surface area contributed by atoms with Crippen molar-refractivity contribution in [3.63, 3.8) is 0 Å². The molecule has 0 spiro atoms. The monoisotopic (exact) mass is 292 g/mol. The highest BCUT2D eigenvalue weighted by atomic mass is 32.2. The maximum atomic E-state index is 12.3. The molecule has 4 heteroatoms. The van der Waals surface area contributed by atoms with Crippen molar-refractivity contribution in [2.45, 2.75) is 49.6 Å². The molecular formula is C16H24N2OS. The highest BCUT2D eigenvalue weighted by molar-refractivity contribution is 7.98. The molecule has 110 valence electrons. The first-order chi connectivity index (χ1) is 9.61. The van der Waals surface area contributed by atoms with Gasteiger partial charge in [-0.3, -0.25) is 4.79 Å². The Hall–Kier alpha value is -1.00. The van der Waals surface area contributed by atoms with Crippen LogP contribution in [-0.2, 0) is 4.79 Å². The summed E-state index contributed by atoms with van der Waals surface area (Å²) in [4.78, 5) is 13.6. The number of nitrogens with one attached hydrogen (secondary N) is 1. The molecule has 0 aromatic heterocycles. The Morgan fingerprint density at radius 1 is 1.30 bits per heavy atom. The lowest BCUT2D eigenvalue weighted by Gasteiger charge is -2.28. The van der Waals surface area contributed by atoms with E-state index < -0.39 is 0 Å². The van der Waals surface area contributed by atoms with Gasteiger partial charge in [0.15, 0.2) is 0 Å². The van der Waals surface area contributed by atoms with Gasteiger partial charge in [0.2, 0.25) is 5.91 Å². The lowest BCUT2D eigenvalue weighted by atomic mass is 9.84. The molecule has 1 saturated carbocycles. The quantitative estimate of drug-likeness (QED) is 0.838. The van der Waals surface area contributed by atoms with E-state index in [9.17, 15) is 4.79 Å². The second-order valence-corrected chi connectivity index (χ2v) is 6.44. The summed E-state index contributed by atoms with van der Waals surface area (Å²) in [6.07, 6.45) is 6.21. The largest absolute Gasteiger partial charge is 0.349 e. The first kappa shape index (κ1) is 15.4. The highest BCUT2D eigenvalue weighted by Gasteiger charge is 2.28. The summed E-state index contributed by atoms with van der Waals surface area (Å²) in [7, 11) is 0. The third-order valence-electron chi connectivity index (χ3n) is 4.13. The maximum Gasteiger partial charge on any atom is 0.225 e. The predicted molar refractivity (Wildman–Crippen MR) is 84.7 cm³/mol. The molecule has 0 heterocycles. The summed E-state index contributed by atoms with van der Waals surface area (Å²) >= 11 is 1.72. The number of carbonyl (C=O) groups is 1. The number of carbonyl (C=O) groups excluding carboxylic acids is 1. The van der Waals surface area contributed by atoms with Gasteiger partial charge in [0.25, 0.3) is 0 Å². The van der Waals surface area contributed by atoms with Crippen molar-refractivity contribution in [2.24, 2.45) is 11.7 Å². The molecule has 0 radical (unpaired) electrons. The van der Waals surface area contributed by atoms with Gasteiger partial charge < -0.3 is 11.1 Å². The van der Waals surface area contributed by atoms with Crippen LogP contribution in [0.25, 0.3) is 0 Å². The summed E-state index contributed by atoms with van der Waals surface area (Å²) in [5, 5.41) is 3.11.